The van der Waals surface area contributed by atoms with E-state index in [2.05, 4.69) is 20.6 Å². The van der Waals surface area contributed by atoms with Gasteiger partial charge in [0.15, 0.2) is 24.8 Å². The molecule has 0 aliphatic heterocycles. The Hall–Kier alpha value is -5.23. The van der Waals surface area contributed by atoms with Gasteiger partial charge in [-0.3, -0.25) is 14.6 Å². The first-order valence-corrected chi connectivity index (χ1v) is 20.5. The highest BCUT2D eigenvalue weighted by Crippen LogP contribution is 2.32. The molecule has 2 heterocycles. The van der Waals surface area contributed by atoms with Gasteiger partial charge >= 0.3 is 0 Å². The molecule has 6 rings (SSSR count). The maximum Gasteiger partial charge on any atom is 0.247 e. The molecule has 292 valence electrons. The van der Waals surface area contributed by atoms with E-state index in [1.165, 1.54) is 6.20 Å². The zero-order valence-corrected chi connectivity index (χ0v) is 33.0. The van der Waals surface area contributed by atoms with Crippen molar-refractivity contribution in [3.05, 3.63) is 131 Å². The predicted octanol–water partition coefficient (Wildman–Crippen LogP) is 8.64. The van der Waals surface area contributed by atoms with E-state index in [1.807, 2.05) is 6.07 Å². The number of halogens is 5. The zero-order valence-electron chi connectivity index (χ0n) is 29.8. The maximum absolute atomic E-state index is 14.0. The van der Waals surface area contributed by atoms with Gasteiger partial charge in [-0.25, -0.2) is 39.4 Å². The highest BCUT2D eigenvalue weighted by atomic mass is 35.5. The largest absolute Gasteiger partial charge is 0.323 e. The third kappa shape index (κ3) is 8.60. The smallest absolute Gasteiger partial charge is 0.247 e. The second-order valence-corrected chi connectivity index (χ2v) is 19.3. The van der Waals surface area contributed by atoms with Crippen molar-refractivity contribution in [2.24, 2.45) is 0 Å². The molecule has 0 spiro atoms. The third-order valence-electron chi connectivity index (χ3n) is 8.52. The molecular formula is C38H31ClF4N4O6S3. The molecule has 18 heteroatoms. The van der Waals surface area contributed by atoms with Crippen molar-refractivity contribution in [1.29, 1.82) is 0 Å². The number of para-hydroxylation sites is 1. The van der Waals surface area contributed by atoms with E-state index in [4.69, 9.17) is 11.6 Å². The van der Waals surface area contributed by atoms with Gasteiger partial charge < -0.3 is 10.6 Å². The van der Waals surface area contributed by atoms with E-state index in [9.17, 15) is 44.0 Å². The van der Waals surface area contributed by atoms with Gasteiger partial charge in [-0.05, 0) is 76.2 Å². The standard InChI is InChI=1S/C19H15ClF2N2O3S2.C19H16F2N2O3S/c1-19(2,29(26,27)16-8-7-13(21)9-14(16)22)17(25)24-18-23-15(10-28-18)11-3-5-12(20)6-4-11;1-19(2,27(25,26)17-8-7-13(20)10-15(17)21)18(24)23-14-9-12-5-3-4-6-16(12)22-11-14/h3-10H,1-2H3,(H,23,24,25);3-11H,1-2H3,(H,23,24). The summed E-state index contributed by atoms with van der Waals surface area (Å²) in [5.41, 5.74) is 2.37. The van der Waals surface area contributed by atoms with Crippen LogP contribution in [0, 0.1) is 23.3 Å². The van der Waals surface area contributed by atoms with Crippen LogP contribution in [0.2, 0.25) is 5.02 Å². The first kappa shape index (κ1) is 41.9. The Balaban J connectivity index is 0.000000215. The number of nitrogens with zero attached hydrogens (tertiary/aromatic N) is 2. The molecule has 0 unspecified atom stereocenters. The van der Waals surface area contributed by atoms with E-state index in [1.54, 1.807) is 53.9 Å². The van der Waals surface area contributed by atoms with E-state index in [0.29, 0.717) is 28.5 Å². The van der Waals surface area contributed by atoms with Crippen LogP contribution in [0.3, 0.4) is 0 Å². The molecular weight excluding hydrogens is 816 g/mol. The van der Waals surface area contributed by atoms with Crippen LogP contribution in [-0.2, 0) is 29.3 Å². The van der Waals surface area contributed by atoms with Crippen molar-refractivity contribution < 1.29 is 44.0 Å². The lowest BCUT2D eigenvalue weighted by molar-refractivity contribution is -0.118. The molecule has 10 nitrogen and oxygen atoms in total. The van der Waals surface area contributed by atoms with Gasteiger partial charge in [0, 0.05) is 33.5 Å². The molecule has 0 aliphatic carbocycles. The highest BCUT2D eigenvalue weighted by molar-refractivity contribution is 7.94. The molecule has 0 bridgehead atoms. The fourth-order valence-electron chi connectivity index (χ4n) is 4.93. The monoisotopic (exact) mass is 846 g/mol. The Morgan fingerprint density at radius 2 is 1.21 bits per heavy atom. The van der Waals surface area contributed by atoms with Gasteiger partial charge in [0.2, 0.25) is 11.8 Å². The number of fused-ring (bicyclic) bond motifs is 1. The Bertz CT molecular complexity index is 2690. The molecule has 0 atom stereocenters. The Morgan fingerprint density at radius 1 is 0.696 bits per heavy atom. The Morgan fingerprint density at radius 3 is 1.75 bits per heavy atom. The van der Waals surface area contributed by atoms with Crippen LogP contribution in [0.4, 0.5) is 28.4 Å². The summed E-state index contributed by atoms with van der Waals surface area (Å²) in [6, 6.07) is 20.0. The Labute approximate surface area is 328 Å². The zero-order chi connectivity index (χ0) is 41.2. The van der Waals surface area contributed by atoms with E-state index in [-0.39, 0.29) is 5.13 Å². The van der Waals surface area contributed by atoms with Crippen LogP contribution in [0.1, 0.15) is 27.7 Å². The number of aromatic nitrogens is 2. The minimum Gasteiger partial charge on any atom is -0.323 e. The number of thiazole rings is 1. The van der Waals surface area contributed by atoms with Crippen LogP contribution < -0.4 is 10.6 Å². The summed E-state index contributed by atoms with van der Waals surface area (Å²) < 4.78 is 101. The van der Waals surface area contributed by atoms with Crippen molar-refractivity contribution >= 4 is 76.1 Å². The lowest BCUT2D eigenvalue weighted by Gasteiger charge is -2.24. The van der Waals surface area contributed by atoms with Crippen molar-refractivity contribution in [2.75, 3.05) is 10.6 Å². The lowest BCUT2D eigenvalue weighted by atomic mass is 10.1. The van der Waals surface area contributed by atoms with Gasteiger partial charge in [-0.1, -0.05) is 41.9 Å². The number of anilines is 2. The maximum atomic E-state index is 14.0. The van der Waals surface area contributed by atoms with Gasteiger partial charge in [0.25, 0.3) is 0 Å². The Kier molecular flexibility index (Phi) is 12.0. The quantitative estimate of drug-likeness (QED) is 0.108. The van der Waals surface area contributed by atoms with E-state index < -0.39 is 74.0 Å². The fraction of sp³-hybridized carbons (Fsp3) is 0.158. The highest BCUT2D eigenvalue weighted by Gasteiger charge is 2.45. The second-order valence-electron chi connectivity index (χ2n) is 13.0. The number of sulfone groups is 2. The van der Waals surface area contributed by atoms with Crippen LogP contribution in [0.5, 0.6) is 0 Å². The normalized spacial score (nSPS) is 12.1. The van der Waals surface area contributed by atoms with Gasteiger partial charge in [0.05, 0.1) is 23.1 Å². The first-order valence-electron chi connectivity index (χ1n) is 16.2. The van der Waals surface area contributed by atoms with Crippen molar-refractivity contribution in [1.82, 2.24) is 9.97 Å². The molecule has 2 N–H and O–H groups in total. The lowest BCUT2D eigenvalue weighted by Crippen LogP contribution is -2.44. The van der Waals surface area contributed by atoms with Gasteiger partial charge in [-0.15, -0.1) is 11.3 Å². The molecule has 56 heavy (non-hydrogen) atoms. The number of hydrogen-bond acceptors (Lipinski definition) is 9. The second kappa shape index (κ2) is 16.1. The SMILES string of the molecule is CC(C)(C(=O)Nc1cnc2ccccc2c1)S(=O)(=O)c1ccc(F)cc1F.CC(C)(C(=O)Nc1nc(-c2ccc(Cl)cc2)cs1)S(=O)(=O)c1ccc(F)cc1F. The summed E-state index contributed by atoms with van der Waals surface area (Å²) in [5.74, 6) is -6.08. The third-order valence-corrected chi connectivity index (χ3v) is 14.4. The number of pyridine rings is 1. The van der Waals surface area contributed by atoms with Crippen LogP contribution >= 0.6 is 22.9 Å². The van der Waals surface area contributed by atoms with Crippen LogP contribution in [0.25, 0.3) is 22.2 Å². The number of carbonyl (C=O) groups excluding carboxylic acids is 2. The van der Waals surface area contributed by atoms with Gasteiger partial charge in [0.1, 0.15) is 42.6 Å². The summed E-state index contributed by atoms with van der Waals surface area (Å²) in [7, 11) is -8.87. The molecule has 2 amide bonds. The number of hydrogen-bond donors (Lipinski definition) is 2. The minimum absolute atomic E-state index is 0.183. The number of carbonyl (C=O) groups is 2. The summed E-state index contributed by atoms with van der Waals surface area (Å²) >= 11 is 6.97. The fourth-order valence-corrected chi connectivity index (χ4v) is 8.59. The first-order chi connectivity index (χ1) is 26.1. The average Bonchev–Trinajstić information content (AvgIpc) is 3.60. The molecule has 0 saturated carbocycles. The van der Waals surface area contributed by atoms with Crippen LogP contribution in [0.15, 0.2) is 112 Å². The summed E-state index contributed by atoms with van der Waals surface area (Å²) in [6.07, 6.45) is 1.40. The number of amides is 2. The number of nitrogens with one attached hydrogen (secondary N) is 2. The summed E-state index contributed by atoms with van der Waals surface area (Å²) in [4.78, 5) is 32.3. The molecule has 2 aromatic heterocycles. The molecule has 0 saturated heterocycles. The predicted molar refractivity (Wildman–Crippen MR) is 207 cm³/mol. The van der Waals surface area contributed by atoms with Crippen molar-refractivity contribution in [3.63, 3.8) is 0 Å². The molecule has 4 aromatic carbocycles. The molecule has 0 aliphatic rings. The summed E-state index contributed by atoms with van der Waals surface area (Å²) in [6.45, 7) is 4.62. The molecule has 0 fully saturated rings. The van der Waals surface area contributed by atoms with Gasteiger partial charge in [-0.2, -0.15) is 0 Å². The molecule has 6 aromatic rings. The van der Waals surface area contributed by atoms with E-state index in [0.717, 1.165) is 79.8 Å². The minimum atomic E-state index is -4.45. The van der Waals surface area contributed by atoms with Crippen molar-refractivity contribution in [2.45, 2.75) is 47.0 Å². The summed E-state index contributed by atoms with van der Waals surface area (Å²) in [5, 5.41) is 8.17. The van der Waals surface area contributed by atoms with E-state index >= 15 is 0 Å². The average molecular weight is 847 g/mol. The topological polar surface area (TPSA) is 152 Å². The number of rotatable bonds is 9. The number of benzene rings is 4. The van der Waals surface area contributed by atoms with Crippen molar-refractivity contribution in [3.8, 4) is 11.3 Å². The van der Waals surface area contributed by atoms with Crippen LogP contribution in [-0.4, -0.2) is 48.1 Å². The molecule has 0 radical (unpaired) electrons.